The number of benzene rings is 1. The molecule has 0 aliphatic carbocycles. The highest BCUT2D eigenvalue weighted by atomic mass is 35.5. The van der Waals surface area contributed by atoms with Crippen LogP contribution in [0.5, 0.6) is 0 Å². The van der Waals surface area contributed by atoms with Crippen LogP contribution in [0.1, 0.15) is 41.9 Å². The fourth-order valence-corrected chi connectivity index (χ4v) is 2.84. The van der Waals surface area contributed by atoms with Gasteiger partial charge in [-0.05, 0) is 37.0 Å². The summed E-state index contributed by atoms with van der Waals surface area (Å²) in [6.07, 6.45) is 0.993. The first-order chi connectivity index (χ1) is 12.4. The van der Waals surface area contributed by atoms with Gasteiger partial charge in [-0.3, -0.25) is 15.6 Å². The van der Waals surface area contributed by atoms with Gasteiger partial charge in [0.2, 0.25) is 0 Å². The molecule has 0 aliphatic heterocycles. The van der Waals surface area contributed by atoms with Crippen LogP contribution in [0.3, 0.4) is 0 Å². The fourth-order valence-electron chi connectivity index (χ4n) is 2.37. The molecule has 2 rings (SSSR count). The first-order valence-corrected chi connectivity index (χ1v) is 9.28. The van der Waals surface area contributed by atoms with Crippen molar-refractivity contribution in [1.29, 1.82) is 0 Å². The van der Waals surface area contributed by atoms with E-state index >= 15 is 0 Å². The summed E-state index contributed by atoms with van der Waals surface area (Å²) >= 11 is 11.5. The van der Waals surface area contributed by atoms with Gasteiger partial charge < -0.3 is 5.32 Å². The summed E-state index contributed by atoms with van der Waals surface area (Å²) in [5.41, 5.74) is 7.20. The van der Waals surface area contributed by atoms with Gasteiger partial charge in [0.1, 0.15) is 10.7 Å². The fraction of sp³-hybridized carbons (Fsp3) is 0.389. The molecule has 0 aliphatic rings. The predicted octanol–water partition coefficient (Wildman–Crippen LogP) is 3.05. The zero-order valence-corrected chi connectivity index (χ0v) is 16.7. The van der Waals surface area contributed by atoms with Gasteiger partial charge in [0.25, 0.3) is 5.91 Å². The van der Waals surface area contributed by atoms with Crippen LogP contribution in [-0.4, -0.2) is 27.3 Å². The Hall–Kier alpha value is -2.12. The molecule has 0 radical (unpaired) electrons. The third-order valence-corrected chi connectivity index (χ3v) is 4.39. The van der Waals surface area contributed by atoms with Gasteiger partial charge in [-0.2, -0.15) is 5.10 Å². The van der Waals surface area contributed by atoms with Gasteiger partial charge in [-0.15, -0.1) is 0 Å². The Morgan fingerprint density at radius 3 is 2.62 bits per heavy atom. The number of carbonyl (C=O) groups is 1. The van der Waals surface area contributed by atoms with E-state index in [-0.39, 0.29) is 5.91 Å². The molecule has 1 aromatic heterocycles. The average molecular weight is 394 g/mol. The van der Waals surface area contributed by atoms with E-state index in [0.29, 0.717) is 34.0 Å². The van der Waals surface area contributed by atoms with E-state index in [9.17, 15) is 4.79 Å². The van der Waals surface area contributed by atoms with Gasteiger partial charge in [-0.1, -0.05) is 55.8 Å². The molecule has 2 aromatic rings. The molecule has 1 aromatic carbocycles. The first-order valence-electron chi connectivity index (χ1n) is 8.49. The van der Waals surface area contributed by atoms with Crippen LogP contribution in [0.2, 0.25) is 5.15 Å². The maximum Gasteiger partial charge on any atom is 0.274 e. The second kappa shape index (κ2) is 9.54. The molecule has 0 atom stereocenters. The van der Waals surface area contributed by atoms with E-state index in [1.807, 2.05) is 30.3 Å². The van der Waals surface area contributed by atoms with E-state index in [2.05, 4.69) is 35.1 Å². The normalized spacial score (nSPS) is 10.7. The molecule has 0 spiro atoms. The zero-order valence-electron chi connectivity index (χ0n) is 15.2. The molecule has 0 saturated carbocycles. The number of hydrogen-bond donors (Lipinski definition) is 3. The highest BCUT2D eigenvalue weighted by molar-refractivity contribution is 7.80. The van der Waals surface area contributed by atoms with Gasteiger partial charge in [0.15, 0.2) is 5.11 Å². The number of nitrogens with zero attached hydrogens (tertiary/aromatic N) is 2. The third-order valence-electron chi connectivity index (χ3n) is 3.76. The van der Waals surface area contributed by atoms with E-state index in [1.165, 1.54) is 0 Å². The smallest absolute Gasteiger partial charge is 0.274 e. The maximum atomic E-state index is 12.4. The topological polar surface area (TPSA) is 71.0 Å². The summed E-state index contributed by atoms with van der Waals surface area (Å²) < 4.78 is 1.61. The minimum Gasteiger partial charge on any atom is -0.361 e. The lowest BCUT2D eigenvalue weighted by Crippen LogP contribution is -2.47. The molecule has 0 fully saturated rings. The third kappa shape index (κ3) is 5.71. The summed E-state index contributed by atoms with van der Waals surface area (Å²) in [5, 5.41) is 8.07. The van der Waals surface area contributed by atoms with Gasteiger partial charge in [0, 0.05) is 6.54 Å². The van der Waals surface area contributed by atoms with Crippen LogP contribution in [0, 0.1) is 12.8 Å². The minimum absolute atomic E-state index is 0.296. The van der Waals surface area contributed by atoms with E-state index in [1.54, 1.807) is 11.6 Å². The van der Waals surface area contributed by atoms with E-state index < -0.39 is 0 Å². The molecular weight excluding hydrogens is 370 g/mol. The molecular formula is C18H24ClN5OS. The number of rotatable bonds is 6. The van der Waals surface area contributed by atoms with Gasteiger partial charge in [0.05, 0.1) is 12.2 Å². The summed E-state index contributed by atoms with van der Waals surface area (Å²) in [5.74, 6) is 0.205. The number of hydrazine groups is 1. The van der Waals surface area contributed by atoms with Gasteiger partial charge in [-0.25, -0.2) is 4.68 Å². The summed E-state index contributed by atoms with van der Waals surface area (Å²) in [6, 6.07) is 9.81. The highest BCUT2D eigenvalue weighted by Crippen LogP contribution is 2.20. The second-order valence-corrected chi connectivity index (χ2v) is 7.18. The first kappa shape index (κ1) is 20.2. The SMILES string of the molecule is Cc1nn(Cc2ccccc2)c(Cl)c1C(=O)NNC(=S)NCCC(C)C. The molecule has 8 heteroatoms. The number of carbonyl (C=O) groups excluding carboxylic acids is 1. The molecule has 3 N–H and O–H groups in total. The Kier molecular flexibility index (Phi) is 7.41. The Morgan fingerprint density at radius 2 is 1.96 bits per heavy atom. The summed E-state index contributed by atoms with van der Waals surface area (Å²) in [7, 11) is 0. The lowest BCUT2D eigenvalue weighted by atomic mass is 10.1. The summed E-state index contributed by atoms with van der Waals surface area (Å²) in [4.78, 5) is 12.4. The molecule has 1 amide bonds. The number of aryl methyl sites for hydroxylation is 1. The van der Waals surface area contributed by atoms with Crippen molar-refractivity contribution < 1.29 is 4.79 Å². The van der Waals surface area contributed by atoms with Crippen LogP contribution in [0.4, 0.5) is 0 Å². The van der Waals surface area contributed by atoms with Crippen molar-refractivity contribution in [2.75, 3.05) is 6.54 Å². The number of aromatic nitrogens is 2. The zero-order chi connectivity index (χ0) is 19.1. The van der Waals surface area contributed by atoms with Crippen molar-refractivity contribution in [2.24, 2.45) is 5.92 Å². The number of halogens is 1. The monoisotopic (exact) mass is 393 g/mol. The van der Waals surface area contributed by atoms with Crippen molar-refractivity contribution >= 4 is 34.8 Å². The number of amides is 1. The van der Waals surface area contributed by atoms with E-state index in [0.717, 1.165) is 18.5 Å². The largest absolute Gasteiger partial charge is 0.361 e. The quantitative estimate of drug-likeness (QED) is 0.519. The Labute approximate surface area is 164 Å². The Morgan fingerprint density at radius 1 is 1.27 bits per heavy atom. The van der Waals surface area contributed by atoms with Crippen molar-refractivity contribution in [3.05, 3.63) is 52.3 Å². The van der Waals surface area contributed by atoms with Crippen LogP contribution in [0.25, 0.3) is 0 Å². The molecule has 140 valence electrons. The Bertz CT molecular complexity index is 760. The molecule has 26 heavy (non-hydrogen) atoms. The van der Waals surface area contributed by atoms with Crippen LogP contribution < -0.4 is 16.2 Å². The Balaban J connectivity index is 1.95. The molecule has 0 unspecified atom stereocenters. The minimum atomic E-state index is -0.375. The number of thiocarbonyl (C=S) groups is 1. The highest BCUT2D eigenvalue weighted by Gasteiger charge is 2.20. The number of hydrogen-bond acceptors (Lipinski definition) is 3. The summed E-state index contributed by atoms with van der Waals surface area (Å²) in [6.45, 7) is 7.27. The van der Waals surface area contributed by atoms with Gasteiger partial charge >= 0.3 is 0 Å². The van der Waals surface area contributed by atoms with Crippen LogP contribution in [0.15, 0.2) is 30.3 Å². The average Bonchev–Trinajstić information content (AvgIpc) is 2.87. The lowest BCUT2D eigenvalue weighted by molar-refractivity contribution is 0.0943. The molecule has 0 saturated heterocycles. The maximum absolute atomic E-state index is 12.4. The standard InChI is InChI=1S/C18H24ClN5OS/c1-12(2)9-10-20-18(26)22-21-17(25)15-13(3)23-24(16(15)19)11-14-7-5-4-6-8-14/h4-8,12H,9-11H2,1-3H3,(H,21,25)(H2,20,22,26). The number of nitrogens with one attached hydrogen (secondary N) is 3. The van der Waals surface area contributed by atoms with Crippen LogP contribution >= 0.6 is 23.8 Å². The van der Waals surface area contributed by atoms with Crippen molar-refractivity contribution in [2.45, 2.75) is 33.7 Å². The predicted molar refractivity (Wildman–Crippen MR) is 108 cm³/mol. The molecule has 0 bridgehead atoms. The molecule has 1 heterocycles. The van der Waals surface area contributed by atoms with Crippen LogP contribution in [-0.2, 0) is 6.54 Å². The van der Waals surface area contributed by atoms with Crippen molar-refractivity contribution in [3.8, 4) is 0 Å². The van der Waals surface area contributed by atoms with E-state index in [4.69, 9.17) is 23.8 Å². The molecule has 6 nitrogen and oxygen atoms in total. The lowest BCUT2D eigenvalue weighted by Gasteiger charge is -2.12. The second-order valence-electron chi connectivity index (χ2n) is 6.41. The van der Waals surface area contributed by atoms with Crippen molar-refractivity contribution in [3.63, 3.8) is 0 Å². The van der Waals surface area contributed by atoms with Crippen molar-refractivity contribution in [1.82, 2.24) is 25.9 Å².